The summed E-state index contributed by atoms with van der Waals surface area (Å²) in [5.74, 6) is -0.0787. The first kappa shape index (κ1) is 15.0. The molecule has 0 radical (unpaired) electrons. The van der Waals surface area contributed by atoms with Crippen LogP contribution in [0.2, 0.25) is 5.02 Å². The highest BCUT2D eigenvalue weighted by atomic mass is 127. The Morgan fingerprint density at radius 1 is 1.47 bits per heavy atom. The summed E-state index contributed by atoms with van der Waals surface area (Å²) in [6.45, 7) is 3.97. The van der Waals surface area contributed by atoms with Crippen LogP contribution in [0, 0.1) is 3.57 Å². The third-order valence-electron chi connectivity index (χ3n) is 2.63. The lowest BCUT2D eigenvalue weighted by atomic mass is 10.1. The van der Waals surface area contributed by atoms with Gasteiger partial charge in [-0.3, -0.25) is 9.48 Å². The summed E-state index contributed by atoms with van der Waals surface area (Å²) in [5, 5.41) is 4.78. The summed E-state index contributed by atoms with van der Waals surface area (Å²) in [4.78, 5) is 12.7. The van der Waals surface area contributed by atoms with E-state index in [1.54, 1.807) is 23.0 Å². The van der Waals surface area contributed by atoms with Crippen LogP contribution >= 0.6 is 50.1 Å². The zero-order valence-electron chi connectivity index (χ0n) is 10.3. The average Bonchev–Trinajstić information content (AvgIpc) is 2.73. The van der Waals surface area contributed by atoms with Gasteiger partial charge in [-0.1, -0.05) is 11.6 Å². The molecule has 0 unspecified atom stereocenters. The van der Waals surface area contributed by atoms with Gasteiger partial charge in [-0.2, -0.15) is 5.10 Å². The van der Waals surface area contributed by atoms with Crippen molar-refractivity contribution in [2.75, 3.05) is 0 Å². The number of benzene rings is 1. The van der Waals surface area contributed by atoms with E-state index >= 15 is 0 Å². The van der Waals surface area contributed by atoms with Crippen molar-refractivity contribution in [1.82, 2.24) is 9.78 Å². The van der Waals surface area contributed by atoms with Gasteiger partial charge in [0, 0.05) is 20.2 Å². The largest absolute Gasteiger partial charge is 0.287 e. The van der Waals surface area contributed by atoms with Gasteiger partial charge >= 0.3 is 0 Å². The molecule has 2 rings (SSSR count). The van der Waals surface area contributed by atoms with E-state index < -0.39 is 0 Å². The highest BCUT2D eigenvalue weighted by Gasteiger charge is 2.22. The van der Waals surface area contributed by atoms with E-state index in [1.807, 2.05) is 19.9 Å². The van der Waals surface area contributed by atoms with Gasteiger partial charge in [0.25, 0.3) is 0 Å². The van der Waals surface area contributed by atoms with E-state index in [4.69, 9.17) is 11.6 Å². The zero-order chi connectivity index (χ0) is 14.2. The predicted molar refractivity (Wildman–Crippen MR) is 87.9 cm³/mol. The van der Waals surface area contributed by atoms with Crippen LogP contribution in [0.5, 0.6) is 0 Å². The van der Waals surface area contributed by atoms with Crippen molar-refractivity contribution in [3.63, 3.8) is 0 Å². The maximum absolute atomic E-state index is 12.7. The number of ketones is 1. The molecule has 0 aliphatic rings. The van der Waals surface area contributed by atoms with Crippen molar-refractivity contribution in [2.45, 2.75) is 19.9 Å². The molecular formula is C13H11BrClIN2O. The molecule has 0 amide bonds. The van der Waals surface area contributed by atoms with Gasteiger partial charge in [0.2, 0.25) is 5.78 Å². The SMILES string of the molecule is CC(C)n1ncc(Br)c1C(=O)c1cc(Cl)ccc1I. The molecule has 1 heterocycles. The van der Waals surface area contributed by atoms with E-state index in [1.165, 1.54) is 0 Å². The molecule has 0 aliphatic heterocycles. The molecule has 0 saturated heterocycles. The summed E-state index contributed by atoms with van der Waals surface area (Å²) in [6.07, 6.45) is 1.64. The van der Waals surface area contributed by atoms with Gasteiger partial charge in [0.15, 0.2) is 0 Å². The second-order valence-electron chi connectivity index (χ2n) is 4.33. The molecule has 0 atom stereocenters. The monoisotopic (exact) mass is 452 g/mol. The van der Waals surface area contributed by atoms with Gasteiger partial charge in [0.05, 0.1) is 10.7 Å². The fraction of sp³-hybridized carbons (Fsp3) is 0.231. The lowest BCUT2D eigenvalue weighted by molar-refractivity contribution is 0.102. The fourth-order valence-electron chi connectivity index (χ4n) is 1.74. The molecule has 0 bridgehead atoms. The van der Waals surface area contributed by atoms with Crippen molar-refractivity contribution in [3.05, 3.63) is 48.7 Å². The minimum atomic E-state index is -0.0787. The predicted octanol–water partition coefficient (Wildman–Crippen LogP) is 4.72. The number of carbonyl (C=O) groups excluding carboxylic acids is 1. The molecule has 3 nitrogen and oxygen atoms in total. The Hall–Kier alpha value is -0.400. The van der Waals surface area contributed by atoms with E-state index in [-0.39, 0.29) is 11.8 Å². The number of rotatable bonds is 3. The first-order chi connectivity index (χ1) is 8.91. The quantitative estimate of drug-likeness (QED) is 0.498. The zero-order valence-corrected chi connectivity index (χ0v) is 14.8. The first-order valence-corrected chi connectivity index (χ1v) is 7.89. The van der Waals surface area contributed by atoms with Crippen LogP contribution < -0.4 is 0 Å². The van der Waals surface area contributed by atoms with Crippen molar-refractivity contribution >= 4 is 55.9 Å². The van der Waals surface area contributed by atoms with Crippen molar-refractivity contribution in [2.24, 2.45) is 0 Å². The summed E-state index contributed by atoms with van der Waals surface area (Å²) < 4.78 is 3.28. The molecule has 0 aliphatic carbocycles. The number of hydrogen-bond donors (Lipinski definition) is 0. The Balaban J connectivity index is 2.56. The molecule has 19 heavy (non-hydrogen) atoms. The number of halogens is 3. The molecule has 1 aromatic heterocycles. The normalized spacial score (nSPS) is 11.1. The minimum absolute atomic E-state index is 0.0787. The standard InChI is InChI=1S/C13H11BrClIN2O/c1-7(2)18-12(10(14)6-17-18)13(19)9-5-8(15)3-4-11(9)16/h3-7H,1-2H3. The van der Waals surface area contributed by atoms with E-state index in [0.717, 1.165) is 3.57 Å². The molecule has 6 heteroatoms. The Morgan fingerprint density at radius 3 is 2.79 bits per heavy atom. The molecular weight excluding hydrogens is 442 g/mol. The third kappa shape index (κ3) is 3.03. The Bertz CT molecular complexity index is 640. The van der Waals surface area contributed by atoms with Crippen molar-refractivity contribution in [3.8, 4) is 0 Å². The Morgan fingerprint density at radius 2 is 2.16 bits per heavy atom. The lowest BCUT2D eigenvalue weighted by Gasteiger charge is -2.11. The van der Waals surface area contributed by atoms with Crippen LogP contribution in [0.1, 0.15) is 35.9 Å². The number of aromatic nitrogens is 2. The van der Waals surface area contributed by atoms with Gasteiger partial charge < -0.3 is 0 Å². The van der Waals surface area contributed by atoms with Crippen LogP contribution in [-0.4, -0.2) is 15.6 Å². The van der Waals surface area contributed by atoms with Crippen LogP contribution in [0.15, 0.2) is 28.9 Å². The van der Waals surface area contributed by atoms with Crippen LogP contribution in [0.3, 0.4) is 0 Å². The molecule has 0 N–H and O–H groups in total. The van der Waals surface area contributed by atoms with Crippen LogP contribution in [-0.2, 0) is 0 Å². The molecule has 0 saturated carbocycles. The number of hydrogen-bond acceptors (Lipinski definition) is 2. The van der Waals surface area contributed by atoms with Crippen molar-refractivity contribution in [1.29, 1.82) is 0 Å². The second kappa shape index (κ2) is 5.93. The minimum Gasteiger partial charge on any atom is -0.287 e. The number of carbonyl (C=O) groups is 1. The maximum atomic E-state index is 12.7. The first-order valence-electron chi connectivity index (χ1n) is 5.64. The van der Waals surface area contributed by atoms with Gasteiger partial charge in [-0.05, 0) is 70.6 Å². The summed E-state index contributed by atoms with van der Waals surface area (Å²) >= 11 is 11.5. The van der Waals surface area contributed by atoms with E-state index in [2.05, 4.69) is 43.6 Å². The van der Waals surface area contributed by atoms with E-state index in [0.29, 0.717) is 20.8 Å². The van der Waals surface area contributed by atoms with Crippen LogP contribution in [0.25, 0.3) is 0 Å². The molecule has 100 valence electrons. The van der Waals surface area contributed by atoms with Gasteiger partial charge in [0.1, 0.15) is 5.69 Å². The second-order valence-corrected chi connectivity index (χ2v) is 6.79. The molecule has 0 spiro atoms. The summed E-state index contributed by atoms with van der Waals surface area (Å²) in [5.41, 5.74) is 1.14. The van der Waals surface area contributed by atoms with E-state index in [9.17, 15) is 4.79 Å². The summed E-state index contributed by atoms with van der Waals surface area (Å²) in [6, 6.07) is 5.41. The molecule has 0 fully saturated rings. The summed E-state index contributed by atoms with van der Waals surface area (Å²) in [7, 11) is 0. The van der Waals surface area contributed by atoms with Gasteiger partial charge in [-0.15, -0.1) is 0 Å². The topological polar surface area (TPSA) is 34.9 Å². The van der Waals surface area contributed by atoms with Gasteiger partial charge in [-0.25, -0.2) is 0 Å². The lowest BCUT2D eigenvalue weighted by Crippen LogP contribution is -2.14. The smallest absolute Gasteiger partial charge is 0.213 e. The molecule has 1 aromatic carbocycles. The highest BCUT2D eigenvalue weighted by molar-refractivity contribution is 14.1. The highest BCUT2D eigenvalue weighted by Crippen LogP contribution is 2.26. The average molecular weight is 454 g/mol. The Kier molecular flexibility index (Phi) is 4.68. The fourth-order valence-corrected chi connectivity index (χ4v) is 2.95. The number of nitrogens with zero attached hydrogens (tertiary/aromatic N) is 2. The maximum Gasteiger partial charge on any atom is 0.213 e. The third-order valence-corrected chi connectivity index (χ3v) is 4.38. The van der Waals surface area contributed by atoms with Crippen LogP contribution in [0.4, 0.5) is 0 Å². The Labute approximate surface area is 138 Å². The molecule has 2 aromatic rings. The van der Waals surface area contributed by atoms with Crippen molar-refractivity contribution < 1.29 is 4.79 Å².